The molecule has 0 bridgehead atoms. The minimum absolute atomic E-state index is 0.157. The first kappa shape index (κ1) is 14.2. The summed E-state index contributed by atoms with van der Waals surface area (Å²) < 4.78 is -0.157. The second-order valence-corrected chi connectivity index (χ2v) is 7.09. The van der Waals surface area contributed by atoms with Crippen molar-refractivity contribution in [2.45, 2.75) is 23.6 Å². The van der Waals surface area contributed by atoms with E-state index in [0.29, 0.717) is 6.54 Å². The molecule has 1 aromatic rings. The van der Waals surface area contributed by atoms with Gasteiger partial charge in [-0.05, 0) is 36.8 Å². The fourth-order valence-electron chi connectivity index (χ4n) is 1.22. The van der Waals surface area contributed by atoms with Gasteiger partial charge >= 0.3 is 6.09 Å². The predicted octanol–water partition coefficient (Wildman–Crippen LogP) is 3.21. The monoisotopic (exact) mass is 272 g/mol. The lowest BCUT2D eigenvalue weighted by molar-refractivity contribution is 0.153. The van der Waals surface area contributed by atoms with Gasteiger partial charge in [-0.2, -0.15) is 0 Å². The van der Waals surface area contributed by atoms with Crippen LogP contribution < -0.4 is 0 Å². The van der Waals surface area contributed by atoms with E-state index in [2.05, 4.69) is 4.98 Å². The number of hydrogen-bond acceptors (Lipinski definition) is 4. The van der Waals surface area contributed by atoms with Crippen molar-refractivity contribution in [3.05, 3.63) is 24.4 Å². The number of amides is 1. The highest BCUT2D eigenvalue weighted by Crippen LogP contribution is 2.39. The third kappa shape index (κ3) is 5.32. The van der Waals surface area contributed by atoms with E-state index in [-0.39, 0.29) is 4.75 Å². The Labute approximate surface area is 109 Å². The van der Waals surface area contributed by atoms with Crippen molar-refractivity contribution in [2.75, 3.05) is 13.6 Å². The van der Waals surface area contributed by atoms with Gasteiger partial charge in [0.2, 0.25) is 0 Å². The standard InChI is InChI=1S/C11H16N2O2S2/c1-11(2,8-13(3)10(14)15)17-16-9-6-4-5-7-12-9/h4-7H,8H2,1-3H3,(H,14,15). The molecule has 1 N–H and O–H groups in total. The van der Waals surface area contributed by atoms with Crippen LogP contribution >= 0.6 is 21.6 Å². The Balaban J connectivity index is 2.47. The first-order valence-electron chi connectivity index (χ1n) is 5.11. The molecule has 6 heteroatoms. The summed E-state index contributed by atoms with van der Waals surface area (Å²) in [5, 5.41) is 9.76. The minimum Gasteiger partial charge on any atom is -0.465 e. The molecule has 0 aliphatic rings. The van der Waals surface area contributed by atoms with E-state index in [0.717, 1.165) is 5.03 Å². The van der Waals surface area contributed by atoms with Gasteiger partial charge in [0.05, 0.1) is 0 Å². The number of aromatic nitrogens is 1. The van der Waals surface area contributed by atoms with Crippen LogP contribution in [-0.4, -0.2) is 39.4 Å². The Kier molecular flexibility index (Phi) is 5.14. The summed E-state index contributed by atoms with van der Waals surface area (Å²) in [5.74, 6) is 0. The highest BCUT2D eigenvalue weighted by Gasteiger charge is 2.23. The fraction of sp³-hybridized carbons (Fsp3) is 0.455. The zero-order valence-electron chi connectivity index (χ0n) is 10.1. The van der Waals surface area contributed by atoms with Crippen LogP contribution in [0.4, 0.5) is 4.79 Å². The molecule has 0 aliphatic heterocycles. The molecule has 0 aromatic carbocycles. The second kappa shape index (κ2) is 6.16. The Morgan fingerprint density at radius 1 is 1.53 bits per heavy atom. The summed E-state index contributed by atoms with van der Waals surface area (Å²) in [5.41, 5.74) is 0. The van der Waals surface area contributed by atoms with Crippen molar-refractivity contribution in [1.82, 2.24) is 9.88 Å². The highest BCUT2D eigenvalue weighted by atomic mass is 33.1. The van der Waals surface area contributed by atoms with Gasteiger partial charge < -0.3 is 10.0 Å². The van der Waals surface area contributed by atoms with E-state index in [4.69, 9.17) is 5.11 Å². The van der Waals surface area contributed by atoms with Crippen molar-refractivity contribution in [2.24, 2.45) is 0 Å². The zero-order chi connectivity index (χ0) is 12.9. The second-order valence-electron chi connectivity index (χ2n) is 4.23. The average Bonchev–Trinajstić information content (AvgIpc) is 2.27. The lowest BCUT2D eigenvalue weighted by Gasteiger charge is -2.27. The van der Waals surface area contributed by atoms with Crippen LogP contribution in [0.1, 0.15) is 13.8 Å². The molecule has 0 saturated heterocycles. The quantitative estimate of drug-likeness (QED) is 0.834. The molecule has 0 fully saturated rings. The topological polar surface area (TPSA) is 53.4 Å². The number of carboxylic acid groups (broad SMARTS) is 1. The molecule has 1 rings (SSSR count). The molecular formula is C11H16N2O2S2. The molecule has 94 valence electrons. The summed E-state index contributed by atoms with van der Waals surface area (Å²) >= 11 is 0. The molecule has 0 radical (unpaired) electrons. The normalized spacial score (nSPS) is 11.2. The maximum Gasteiger partial charge on any atom is 0.407 e. The maximum atomic E-state index is 10.7. The van der Waals surface area contributed by atoms with Gasteiger partial charge in [-0.3, -0.25) is 0 Å². The summed E-state index contributed by atoms with van der Waals surface area (Å²) in [4.78, 5) is 16.3. The van der Waals surface area contributed by atoms with Crippen molar-refractivity contribution < 1.29 is 9.90 Å². The lowest BCUT2D eigenvalue weighted by Crippen LogP contribution is -2.36. The Bertz CT molecular complexity index is 371. The maximum absolute atomic E-state index is 10.7. The zero-order valence-corrected chi connectivity index (χ0v) is 11.7. The van der Waals surface area contributed by atoms with Crippen LogP contribution in [0.25, 0.3) is 0 Å². The van der Waals surface area contributed by atoms with Gasteiger partial charge in [0, 0.05) is 24.5 Å². The van der Waals surface area contributed by atoms with E-state index in [1.165, 1.54) is 4.90 Å². The molecule has 1 aromatic heterocycles. The molecule has 0 aliphatic carbocycles. The van der Waals surface area contributed by atoms with Crippen LogP contribution in [0.2, 0.25) is 0 Å². The summed E-state index contributed by atoms with van der Waals surface area (Å²) in [7, 11) is 4.77. The van der Waals surface area contributed by atoms with Gasteiger partial charge in [-0.15, -0.1) is 0 Å². The van der Waals surface area contributed by atoms with Crippen LogP contribution in [0.5, 0.6) is 0 Å². The van der Waals surface area contributed by atoms with Gasteiger partial charge in [0.25, 0.3) is 0 Å². The largest absolute Gasteiger partial charge is 0.465 e. The first-order chi connectivity index (χ1) is 7.91. The molecule has 1 amide bonds. The Morgan fingerprint density at radius 3 is 2.76 bits per heavy atom. The molecule has 0 atom stereocenters. The van der Waals surface area contributed by atoms with Crippen molar-refractivity contribution in [1.29, 1.82) is 0 Å². The molecule has 4 nitrogen and oxygen atoms in total. The molecular weight excluding hydrogens is 256 g/mol. The number of nitrogens with zero attached hydrogens (tertiary/aromatic N) is 2. The molecule has 0 saturated carbocycles. The van der Waals surface area contributed by atoms with Crippen LogP contribution in [0.15, 0.2) is 29.4 Å². The van der Waals surface area contributed by atoms with E-state index in [9.17, 15) is 4.79 Å². The predicted molar refractivity (Wildman–Crippen MR) is 72.4 cm³/mol. The van der Waals surface area contributed by atoms with Crippen LogP contribution in [0, 0.1) is 0 Å². The first-order valence-corrected chi connectivity index (χ1v) is 7.26. The minimum atomic E-state index is -0.901. The number of hydrogen-bond donors (Lipinski definition) is 1. The highest BCUT2D eigenvalue weighted by molar-refractivity contribution is 8.77. The summed E-state index contributed by atoms with van der Waals surface area (Å²) in [6.07, 6.45) is 0.848. The van der Waals surface area contributed by atoms with Crippen LogP contribution in [-0.2, 0) is 0 Å². The SMILES string of the molecule is CN(CC(C)(C)SSc1ccccn1)C(=O)O. The van der Waals surface area contributed by atoms with Crippen molar-refractivity contribution >= 4 is 27.7 Å². The number of pyridine rings is 1. The van der Waals surface area contributed by atoms with Gasteiger partial charge in [-0.25, -0.2) is 9.78 Å². The smallest absolute Gasteiger partial charge is 0.407 e. The Hall–Kier alpha value is -0.880. The van der Waals surface area contributed by atoms with E-state index >= 15 is 0 Å². The molecule has 0 unspecified atom stereocenters. The summed E-state index contributed by atoms with van der Waals surface area (Å²) in [6, 6.07) is 5.75. The fourth-order valence-corrected chi connectivity index (χ4v) is 3.40. The molecule has 0 spiro atoms. The third-order valence-electron chi connectivity index (χ3n) is 1.93. The summed E-state index contributed by atoms with van der Waals surface area (Å²) in [6.45, 7) is 4.52. The van der Waals surface area contributed by atoms with Crippen molar-refractivity contribution in [3.8, 4) is 0 Å². The van der Waals surface area contributed by atoms with Gasteiger partial charge in [0.1, 0.15) is 5.03 Å². The molecule has 17 heavy (non-hydrogen) atoms. The van der Waals surface area contributed by atoms with Gasteiger partial charge in [-0.1, -0.05) is 16.9 Å². The van der Waals surface area contributed by atoms with Crippen molar-refractivity contribution in [3.63, 3.8) is 0 Å². The lowest BCUT2D eigenvalue weighted by atomic mass is 10.2. The van der Waals surface area contributed by atoms with E-state index < -0.39 is 6.09 Å². The van der Waals surface area contributed by atoms with Gasteiger partial charge in [0.15, 0.2) is 0 Å². The van der Waals surface area contributed by atoms with E-state index in [1.807, 2.05) is 32.0 Å². The van der Waals surface area contributed by atoms with Crippen LogP contribution in [0.3, 0.4) is 0 Å². The number of rotatable bonds is 5. The number of carbonyl (C=O) groups is 1. The Morgan fingerprint density at radius 2 is 2.24 bits per heavy atom. The molecule has 1 heterocycles. The average molecular weight is 272 g/mol. The van der Waals surface area contributed by atoms with E-state index in [1.54, 1.807) is 34.8 Å². The third-order valence-corrected chi connectivity index (χ3v) is 5.13.